The Morgan fingerprint density at radius 1 is 1.08 bits per heavy atom. The monoisotopic (exact) mass is 168 g/mol. The van der Waals surface area contributed by atoms with Gasteiger partial charge in [0, 0.05) is 0 Å². The molecule has 72 valence electrons. The fourth-order valence-corrected chi connectivity index (χ4v) is 2.90. The van der Waals surface area contributed by atoms with Gasteiger partial charge in [-0.2, -0.15) is 0 Å². The highest BCUT2D eigenvalue weighted by molar-refractivity contribution is 5.13. The van der Waals surface area contributed by atoms with E-state index in [1.54, 1.807) is 0 Å². The molecule has 1 saturated carbocycles. The maximum absolute atomic E-state index is 2.47. The summed E-state index contributed by atoms with van der Waals surface area (Å²) in [5.41, 5.74) is 1.76. The van der Waals surface area contributed by atoms with E-state index in [1.165, 1.54) is 19.3 Å². The lowest BCUT2D eigenvalue weighted by Crippen LogP contribution is -2.28. The van der Waals surface area contributed by atoms with Crippen LogP contribution in [0.25, 0.3) is 0 Å². The molecule has 1 rings (SSSR count). The van der Waals surface area contributed by atoms with Gasteiger partial charge in [0.25, 0.3) is 0 Å². The van der Waals surface area contributed by atoms with E-state index in [9.17, 15) is 0 Å². The van der Waals surface area contributed by atoms with Crippen molar-refractivity contribution >= 4 is 0 Å². The van der Waals surface area contributed by atoms with Crippen molar-refractivity contribution in [3.8, 4) is 0 Å². The van der Waals surface area contributed by atoms with Gasteiger partial charge < -0.3 is 0 Å². The molecule has 0 aromatic heterocycles. The first kappa shape index (κ1) is 10.1. The van der Waals surface area contributed by atoms with Crippen LogP contribution in [0.4, 0.5) is 0 Å². The van der Waals surface area contributed by atoms with E-state index in [1.807, 2.05) is 0 Å². The molecule has 1 aliphatic rings. The predicted octanol–water partition coefficient (Wildman–Crippen LogP) is 4.25. The van der Waals surface area contributed by atoms with Crippen molar-refractivity contribution < 1.29 is 0 Å². The summed E-state index contributed by atoms with van der Waals surface area (Å²) in [5.74, 6) is 0. The largest absolute Gasteiger partial charge is 0.0648 e. The Kier molecular flexibility index (Phi) is 2.10. The van der Waals surface area contributed by atoms with E-state index in [-0.39, 0.29) is 0 Å². The highest BCUT2D eigenvalue weighted by Gasteiger charge is 2.64. The lowest BCUT2D eigenvalue weighted by Gasteiger charge is -2.37. The van der Waals surface area contributed by atoms with Gasteiger partial charge in [-0.1, -0.05) is 54.4 Å². The zero-order valence-electron chi connectivity index (χ0n) is 9.62. The molecule has 0 saturated heterocycles. The van der Waals surface area contributed by atoms with Crippen LogP contribution in [0, 0.1) is 16.2 Å². The first-order valence-corrected chi connectivity index (χ1v) is 5.33. The van der Waals surface area contributed by atoms with E-state index < -0.39 is 0 Å². The standard InChI is InChI=1S/C12H24/c1-7-11(5,8-2)12(6)9-10(12,3)4/h7-9H2,1-6H3. The maximum Gasteiger partial charge on any atom is -0.0215 e. The van der Waals surface area contributed by atoms with Gasteiger partial charge in [-0.15, -0.1) is 0 Å². The van der Waals surface area contributed by atoms with Gasteiger partial charge in [-0.05, 0) is 22.7 Å². The molecule has 0 spiro atoms. The molecule has 0 radical (unpaired) electrons. The van der Waals surface area contributed by atoms with Crippen molar-refractivity contribution in [1.29, 1.82) is 0 Å². The van der Waals surface area contributed by atoms with Crippen LogP contribution in [0.1, 0.15) is 60.8 Å². The highest BCUT2D eigenvalue weighted by Crippen LogP contribution is 2.73. The molecule has 0 aliphatic heterocycles. The fourth-order valence-electron chi connectivity index (χ4n) is 2.90. The minimum atomic E-state index is 0.566. The molecular formula is C12H24. The molecule has 0 heterocycles. The van der Waals surface area contributed by atoms with Crippen LogP contribution in [0.5, 0.6) is 0 Å². The summed E-state index contributed by atoms with van der Waals surface area (Å²) in [6.45, 7) is 14.4. The average Bonchev–Trinajstić information content (AvgIpc) is 2.51. The van der Waals surface area contributed by atoms with Crippen molar-refractivity contribution in [1.82, 2.24) is 0 Å². The molecular weight excluding hydrogens is 144 g/mol. The predicted molar refractivity (Wildman–Crippen MR) is 55.2 cm³/mol. The normalized spacial score (nSPS) is 33.5. The third-order valence-electron chi connectivity index (χ3n) is 5.06. The lowest BCUT2D eigenvalue weighted by molar-refractivity contribution is 0.124. The summed E-state index contributed by atoms with van der Waals surface area (Å²) in [5, 5.41) is 0. The SMILES string of the molecule is CCC(C)(CC)C1(C)CC1(C)C. The molecule has 1 unspecified atom stereocenters. The van der Waals surface area contributed by atoms with Crippen molar-refractivity contribution in [2.45, 2.75) is 60.8 Å². The molecule has 0 N–H and O–H groups in total. The summed E-state index contributed by atoms with van der Waals surface area (Å²) in [6.07, 6.45) is 4.06. The third-order valence-corrected chi connectivity index (χ3v) is 5.06. The van der Waals surface area contributed by atoms with Crippen molar-refractivity contribution in [3.05, 3.63) is 0 Å². The van der Waals surface area contributed by atoms with Gasteiger partial charge in [-0.3, -0.25) is 0 Å². The number of hydrogen-bond acceptors (Lipinski definition) is 0. The van der Waals surface area contributed by atoms with Gasteiger partial charge >= 0.3 is 0 Å². The summed E-state index contributed by atoms with van der Waals surface area (Å²) in [6, 6.07) is 0. The summed E-state index contributed by atoms with van der Waals surface area (Å²) >= 11 is 0. The first-order chi connectivity index (χ1) is 5.33. The van der Waals surface area contributed by atoms with Crippen LogP contribution >= 0.6 is 0 Å². The Hall–Kier alpha value is 0. The quantitative estimate of drug-likeness (QED) is 0.591. The Morgan fingerprint density at radius 2 is 1.42 bits per heavy atom. The molecule has 0 bridgehead atoms. The number of hydrogen-bond donors (Lipinski definition) is 0. The fraction of sp³-hybridized carbons (Fsp3) is 1.00. The van der Waals surface area contributed by atoms with Gasteiger partial charge in [0.05, 0.1) is 0 Å². The van der Waals surface area contributed by atoms with Crippen molar-refractivity contribution in [2.75, 3.05) is 0 Å². The molecule has 0 aromatic rings. The Labute approximate surface area is 77.7 Å². The van der Waals surface area contributed by atoms with Crippen LogP contribution < -0.4 is 0 Å². The van der Waals surface area contributed by atoms with Crippen LogP contribution in [-0.4, -0.2) is 0 Å². The van der Waals surface area contributed by atoms with Crippen LogP contribution in [-0.2, 0) is 0 Å². The second kappa shape index (κ2) is 2.49. The lowest BCUT2D eigenvalue weighted by atomic mass is 9.68. The molecule has 1 fully saturated rings. The highest BCUT2D eigenvalue weighted by atomic mass is 14.7. The second-order valence-corrected chi connectivity index (χ2v) is 5.66. The summed E-state index contributed by atoms with van der Waals surface area (Å²) in [4.78, 5) is 0. The van der Waals surface area contributed by atoms with Crippen LogP contribution in [0.2, 0.25) is 0 Å². The summed E-state index contributed by atoms with van der Waals surface area (Å²) < 4.78 is 0. The Bertz CT molecular complexity index is 172. The van der Waals surface area contributed by atoms with Gasteiger partial charge in [0.15, 0.2) is 0 Å². The Morgan fingerprint density at radius 3 is 1.50 bits per heavy atom. The molecule has 0 amide bonds. The van der Waals surface area contributed by atoms with Crippen molar-refractivity contribution in [2.24, 2.45) is 16.2 Å². The van der Waals surface area contributed by atoms with Gasteiger partial charge in [0.2, 0.25) is 0 Å². The zero-order chi connectivity index (χ0) is 9.62. The molecule has 1 atom stereocenters. The topological polar surface area (TPSA) is 0 Å². The smallest absolute Gasteiger partial charge is 0.0215 e. The molecule has 0 heteroatoms. The van der Waals surface area contributed by atoms with E-state index >= 15 is 0 Å². The van der Waals surface area contributed by atoms with Crippen LogP contribution in [0.3, 0.4) is 0 Å². The number of rotatable bonds is 3. The van der Waals surface area contributed by atoms with Gasteiger partial charge in [0.1, 0.15) is 0 Å². The third kappa shape index (κ3) is 1.03. The zero-order valence-corrected chi connectivity index (χ0v) is 9.62. The molecule has 1 aliphatic carbocycles. The van der Waals surface area contributed by atoms with E-state index in [0.29, 0.717) is 16.2 Å². The van der Waals surface area contributed by atoms with Gasteiger partial charge in [-0.25, -0.2) is 0 Å². The second-order valence-electron chi connectivity index (χ2n) is 5.66. The van der Waals surface area contributed by atoms with Crippen molar-refractivity contribution in [3.63, 3.8) is 0 Å². The molecule has 12 heavy (non-hydrogen) atoms. The average molecular weight is 168 g/mol. The first-order valence-electron chi connectivity index (χ1n) is 5.33. The van der Waals surface area contributed by atoms with E-state index in [4.69, 9.17) is 0 Å². The van der Waals surface area contributed by atoms with E-state index in [0.717, 1.165) is 0 Å². The van der Waals surface area contributed by atoms with Crippen LogP contribution in [0.15, 0.2) is 0 Å². The summed E-state index contributed by atoms with van der Waals surface area (Å²) in [7, 11) is 0. The molecule has 0 aromatic carbocycles. The maximum atomic E-state index is 2.47. The molecule has 0 nitrogen and oxygen atoms in total. The minimum Gasteiger partial charge on any atom is -0.0648 e. The van der Waals surface area contributed by atoms with E-state index in [2.05, 4.69) is 41.5 Å². The Balaban J connectivity index is 2.83. The minimum absolute atomic E-state index is 0.566.